The first-order chi connectivity index (χ1) is 4.54. The van der Waals surface area contributed by atoms with Crippen LogP contribution in [0.25, 0.3) is 0 Å². The van der Waals surface area contributed by atoms with Crippen LogP contribution in [-0.2, 0) is 19.5 Å². The monoisotopic (exact) mass is 151 g/mol. The number of carboxylic acids is 1. The molecular formula is C2HNO7. The predicted molar refractivity (Wildman–Crippen MR) is 21.8 cm³/mol. The van der Waals surface area contributed by atoms with Gasteiger partial charge < -0.3 is 5.11 Å². The van der Waals surface area contributed by atoms with Crippen LogP contribution in [0.3, 0.4) is 0 Å². The predicted octanol–water partition coefficient (Wildman–Crippen LogP) is -1.26. The van der Waals surface area contributed by atoms with Gasteiger partial charge in [-0.25, -0.2) is 14.5 Å². The van der Waals surface area contributed by atoms with Crippen LogP contribution in [0.5, 0.6) is 0 Å². The van der Waals surface area contributed by atoms with E-state index in [1.165, 1.54) is 0 Å². The topological polar surface area (TPSA) is 116 Å². The van der Waals surface area contributed by atoms with Crippen molar-refractivity contribution in [1.29, 1.82) is 0 Å². The van der Waals surface area contributed by atoms with E-state index in [1.807, 2.05) is 0 Å². The molecule has 0 aromatic rings. The Labute approximate surface area is 53.0 Å². The SMILES string of the molecule is O=C(O)C(=O)OO[N+](=O)[O-]. The van der Waals surface area contributed by atoms with Crippen molar-refractivity contribution in [3.8, 4) is 0 Å². The molecule has 0 fully saturated rings. The minimum atomic E-state index is -1.97. The van der Waals surface area contributed by atoms with Gasteiger partial charge in [-0.2, -0.15) is 0 Å². The fourth-order valence-corrected chi connectivity index (χ4v) is 0.0999. The fourth-order valence-electron chi connectivity index (χ4n) is 0.0999. The first-order valence-corrected chi connectivity index (χ1v) is 1.80. The van der Waals surface area contributed by atoms with Gasteiger partial charge in [-0.05, 0) is 0 Å². The zero-order valence-electron chi connectivity index (χ0n) is 4.34. The van der Waals surface area contributed by atoms with Crippen LogP contribution in [0, 0.1) is 10.1 Å². The lowest BCUT2D eigenvalue weighted by Gasteiger charge is -1.91. The average Bonchev–Trinajstić information content (AvgIpc) is 1.82. The molecule has 0 saturated heterocycles. The first-order valence-electron chi connectivity index (χ1n) is 1.80. The minimum absolute atomic E-state index is 1.46. The van der Waals surface area contributed by atoms with Crippen LogP contribution in [0.1, 0.15) is 0 Å². The molecule has 1 N–H and O–H groups in total. The van der Waals surface area contributed by atoms with Gasteiger partial charge in [-0.3, -0.25) is 0 Å². The van der Waals surface area contributed by atoms with Crippen molar-refractivity contribution >= 4 is 11.9 Å². The molecule has 8 heteroatoms. The molecule has 0 bridgehead atoms. The third-order valence-electron chi connectivity index (χ3n) is 0.348. The summed E-state index contributed by atoms with van der Waals surface area (Å²) in [7, 11) is 0. The number of carboxylic acid groups (broad SMARTS) is 1. The molecule has 0 aliphatic carbocycles. The van der Waals surface area contributed by atoms with E-state index < -0.39 is 17.0 Å². The van der Waals surface area contributed by atoms with Crippen LogP contribution in [0.2, 0.25) is 0 Å². The van der Waals surface area contributed by atoms with Crippen molar-refractivity contribution in [1.82, 2.24) is 0 Å². The van der Waals surface area contributed by atoms with E-state index in [-0.39, 0.29) is 0 Å². The number of aliphatic carboxylic acids is 1. The van der Waals surface area contributed by atoms with E-state index in [0.717, 1.165) is 0 Å². The molecule has 0 amide bonds. The molecule has 0 aliphatic rings. The third kappa shape index (κ3) is 3.18. The summed E-state index contributed by atoms with van der Waals surface area (Å²) in [5, 5.41) is 15.5. The normalized spacial score (nSPS) is 8.00. The lowest BCUT2D eigenvalue weighted by molar-refractivity contribution is -0.839. The Kier molecular flexibility index (Phi) is 2.62. The number of hydrogen-bond acceptors (Lipinski definition) is 6. The van der Waals surface area contributed by atoms with Gasteiger partial charge in [-0.1, -0.05) is 4.99 Å². The van der Waals surface area contributed by atoms with Gasteiger partial charge in [0.05, 0.1) is 0 Å². The first kappa shape index (κ1) is 8.14. The smallest absolute Gasteiger partial charge is 0.450 e. The molecule has 0 aromatic heterocycles. The van der Waals surface area contributed by atoms with Crippen molar-refractivity contribution in [3.63, 3.8) is 0 Å². The second kappa shape index (κ2) is 3.22. The zero-order chi connectivity index (χ0) is 8.15. The standard InChI is InChI=1S/C2HNO7/c4-1(5)2(6)9-10-3(7)8/h(H,4,5). The highest BCUT2D eigenvalue weighted by Gasteiger charge is 2.15. The average molecular weight is 151 g/mol. The molecule has 0 saturated carbocycles. The summed E-state index contributed by atoms with van der Waals surface area (Å²) in [5.41, 5.74) is 0. The van der Waals surface area contributed by atoms with Gasteiger partial charge in [0.1, 0.15) is 0 Å². The quantitative estimate of drug-likeness (QED) is 0.226. The Morgan fingerprint density at radius 3 is 2.30 bits per heavy atom. The van der Waals surface area contributed by atoms with Crippen LogP contribution in [0.15, 0.2) is 0 Å². The molecule has 0 unspecified atom stereocenters. The summed E-state index contributed by atoms with van der Waals surface area (Å²) < 4.78 is 0. The van der Waals surface area contributed by atoms with Crippen LogP contribution in [0.4, 0.5) is 0 Å². The maximum absolute atomic E-state index is 9.80. The highest BCUT2D eigenvalue weighted by molar-refractivity contribution is 6.28. The van der Waals surface area contributed by atoms with Gasteiger partial charge in [0, 0.05) is 0 Å². The molecule has 0 spiro atoms. The van der Waals surface area contributed by atoms with E-state index in [0.29, 0.717) is 0 Å². The fraction of sp³-hybridized carbons (Fsp3) is 0. The maximum Gasteiger partial charge on any atom is 0.450 e. The molecule has 10 heavy (non-hydrogen) atoms. The van der Waals surface area contributed by atoms with Crippen LogP contribution in [-0.4, -0.2) is 22.1 Å². The molecular weight excluding hydrogens is 150 g/mol. The van der Waals surface area contributed by atoms with E-state index in [4.69, 9.17) is 5.11 Å². The molecule has 0 atom stereocenters. The Morgan fingerprint density at radius 1 is 1.50 bits per heavy atom. The van der Waals surface area contributed by atoms with Crippen LogP contribution >= 0.6 is 0 Å². The maximum atomic E-state index is 9.80. The molecule has 0 aromatic carbocycles. The second-order valence-corrected chi connectivity index (χ2v) is 0.974. The largest absolute Gasteiger partial charge is 0.473 e. The van der Waals surface area contributed by atoms with Gasteiger partial charge in [0.15, 0.2) is 0 Å². The van der Waals surface area contributed by atoms with E-state index in [2.05, 4.69) is 9.88 Å². The zero-order valence-corrected chi connectivity index (χ0v) is 4.34. The second-order valence-electron chi connectivity index (χ2n) is 0.974. The number of carbonyl (C=O) groups is 2. The van der Waals surface area contributed by atoms with Crippen molar-refractivity contribution < 1.29 is 29.7 Å². The lowest BCUT2D eigenvalue weighted by Crippen LogP contribution is -2.18. The number of hydrogen-bond donors (Lipinski definition) is 1. The molecule has 8 nitrogen and oxygen atoms in total. The molecule has 0 heterocycles. The lowest BCUT2D eigenvalue weighted by atomic mass is 10.7. The Hall–Kier alpha value is -1.86. The molecule has 0 radical (unpaired) electrons. The summed E-state index contributed by atoms with van der Waals surface area (Å²) in [5.74, 6) is -3.82. The molecule has 0 aliphatic heterocycles. The third-order valence-corrected chi connectivity index (χ3v) is 0.348. The van der Waals surface area contributed by atoms with Gasteiger partial charge in [0.2, 0.25) is 0 Å². The van der Waals surface area contributed by atoms with Crippen molar-refractivity contribution in [2.24, 2.45) is 0 Å². The van der Waals surface area contributed by atoms with Crippen molar-refractivity contribution in [2.45, 2.75) is 0 Å². The summed E-state index contributed by atoms with van der Waals surface area (Å²) in [4.78, 5) is 34.7. The number of carbonyl (C=O) groups excluding carboxylic acids is 1. The van der Waals surface area contributed by atoms with E-state index in [9.17, 15) is 19.7 Å². The Morgan fingerprint density at radius 2 is 2.00 bits per heavy atom. The van der Waals surface area contributed by atoms with Gasteiger partial charge in [-0.15, -0.1) is 10.1 Å². The Bertz CT molecular complexity index is 172. The van der Waals surface area contributed by atoms with Crippen molar-refractivity contribution in [2.75, 3.05) is 0 Å². The van der Waals surface area contributed by atoms with E-state index >= 15 is 0 Å². The Balaban J connectivity index is 3.60. The number of rotatable bonds is 2. The summed E-state index contributed by atoms with van der Waals surface area (Å²) in [6, 6.07) is 0. The number of nitrogens with zero attached hydrogens (tertiary/aromatic N) is 1. The van der Waals surface area contributed by atoms with E-state index in [1.54, 1.807) is 0 Å². The van der Waals surface area contributed by atoms with Crippen molar-refractivity contribution in [3.05, 3.63) is 10.1 Å². The highest BCUT2D eigenvalue weighted by Crippen LogP contribution is 1.80. The molecule has 56 valence electrons. The summed E-state index contributed by atoms with van der Waals surface area (Å²) >= 11 is 0. The van der Waals surface area contributed by atoms with Crippen LogP contribution < -0.4 is 0 Å². The van der Waals surface area contributed by atoms with Gasteiger partial charge in [0.25, 0.3) is 0 Å². The minimum Gasteiger partial charge on any atom is -0.473 e. The summed E-state index contributed by atoms with van der Waals surface area (Å²) in [6.45, 7) is 0. The van der Waals surface area contributed by atoms with Gasteiger partial charge >= 0.3 is 17.0 Å². The molecule has 0 rings (SSSR count). The summed E-state index contributed by atoms with van der Waals surface area (Å²) in [6.07, 6.45) is 0. The highest BCUT2D eigenvalue weighted by atomic mass is 17.3.